The van der Waals surface area contributed by atoms with E-state index in [4.69, 9.17) is 19.6 Å². The largest absolute Gasteiger partial charge is 0.454 e. The highest BCUT2D eigenvalue weighted by Crippen LogP contribution is 2.45. The van der Waals surface area contributed by atoms with E-state index < -0.39 is 0 Å². The third-order valence-corrected chi connectivity index (χ3v) is 8.41. The molecule has 4 aromatic rings. The third kappa shape index (κ3) is 3.27. The number of fused-ring (bicyclic) bond motifs is 4. The van der Waals surface area contributed by atoms with E-state index in [2.05, 4.69) is 34.4 Å². The highest BCUT2D eigenvalue weighted by atomic mass is 32.1. The average Bonchev–Trinajstić information content (AvgIpc) is 3.59. The minimum atomic E-state index is 0.280. The minimum absolute atomic E-state index is 0.280. The fourth-order valence-electron chi connectivity index (χ4n) is 5.88. The molecule has 2 aliphatic heterocycles. The van der Waals surface area contributed by atoms with E-state index in [-0.39, 0.29) is 6.79 Å². The Morgan fingerprint density at radius 2 is 1.91 bits per heavy atom. The first-order chi connectivity index (χ1) is 16.2. The van der Waals surface area contributed by atoms with Gasteiger partial charge in [-0.25, -0.2) is 9.50 Å². The molecule has 1 aliphatic carbocycles. The predicted molar refractivity (Wildman–Crippen MR) is 127 cm³/mol. The molecule has 0 amide bonds. The number of ether oxygens (including phenoxy) is 2. The summed E-state index contributed by atoms with van der Waals surface area (Å²) in [4.78, 5) is 7.57. The van der Waals surface area contributed by atoms with Gasteiger partial charge in [0.1, 0.15) is 5.00 Å². The molecule has 0 radical (unpaired) electrons. The Morgan fingerprint density at radius 3 is 2.73 bits per heavy atom. The summed E-state index contributed by atoms with van der Waals surface area (Å²) in [5.74, 6) is 4.59. The first kappa shape index (κ1) is 19.3. The molecule has 0 spiro atoms. The molecule has 2 fully saturated rings. The number of piperidine rings is 1. The van der Waals surface area contributed by atoms with E-state index in [1.165, 1.54) is 17.8 Å². The summed E-state index contributed by atoms with van der Waals surface area (Å²) >= 11 is 1.63. The molecule has 7 rings (SSSR count). The Hall–Kier alpha value is -3.13. The summed E-state index contributed by atoms with van der Waals surface area (Å²) in [6.07, 6.45) is 5.55. The van der Waals surface area contributed by atoms with Crippen molar-refractivity contribution in [1.82, 2.24) is 19.0 Å². The van der Waals surface area contributed by atoms with Crippen LogP contribution in [0.2, 0.25) is 0 Å². The molecule has 3 aromatic heterocycles. The van der Waals surface area contributed by atoms with E-state index in [1.54, 1.807) is 11.5 Å². The van der Waals surface area contributed by atoms with Crippen molar-refractivity contribution in [2.75, 3.05) is 24.8 Å². The predicted octanol–water partition coefficient (Wildman–Crippen LogP) is 4.60. The van der Waals surface area contributed by atoms with Crippen molar-refractivity contribution in [3.63, 3.8) is 0 Å². The number of hydrogen-bond acceptors (Lipinski definition) is 7. The lowest BCUT2D eigenvalue weighted by Crippen LogP contribution is -2.42. The van der Waals surface area contributed by atoms with Gasteiger partial charge in [0.25, 0.3) is 0 Å². The average molecular weight is 460 g/mol. The standard InChI is InChI=1S/C25H25N5O2S/c1-15-9-24(33-28-15)29-12-17-4-5-18(13-29)20(17)11-23-26-25-19(3-2-8-30(25)27-23)16-6-7-21-22(10-16)32-14-31-21/h2-3,6-10,17-18,20H,4-5,11-14H2,1H3/t17-,18+,20?. The zero-order chi connectivity index (χ0) is 21.9. The first-order valence-electron chi connectivity index (χ1n) is 11.6. The Bertz CT molecular complexity index is 1330. The van der Waals surface area contributed by atoms with Gasteiger partial charge in [0.15, 0.2) is 23.0 Å². The van der Waals surface area contributed by atoms with Gasteiger partial charge in [-0.1, -0.05) is 6.07 Å². The van der Waals surface area contributed by atoms with E-state index >= 15 is 0 Å². The molecule has 1 saturated carbocycles. The summed E-state index contributed by atoms with van der Waals surface area (Å²) in [5, 5.41) is 6.19. The second-order valence-corrected chi connectivity index (χ2v) is 10.2. The normalized spacial score (nSPS) is 23.5. The maximum Gasteiger partial charge on any atom is 0.231 e. The van der Waals surface area contributed by atoms with E-state index in [1.807, 2.05) is 28.9 Å². The summed E-state index contributed by atoms with van der Waals surface area (Å²) in [5.41, 5.74) is 4.15. The SMILES string of the molecule is Cc1cc(N2C[C@H]3CC[C@@H](C2)C3Cc2nc3c(-c4ccc5c(c4)OCO5)cccn3n2)sn1. The van der Waals surface area contributed by atoms with Gasteiger partial charge in [-0.2, -0.15) is 9.47 Å². The lowest BCUT2D eigenvalue weighted by atomic mass is 9.82. The number of aromatic nitrogens is 4. The highest BCUT2D eigenvalue weighted by Gasteiger charge is 2.42. The molecule has 1 aromatic carbocycles. The molecule has 33 heavy (non-hydrogen) atoms. The molecule has 8 heteroatoms. The molecule has 1 saturated heterocycles. The van der Waals surface area contributed by atoms with Gasteiger partial charge in [-0.15, -0.1) is 0 Å². The lowest BCUT2D eigenvalue weighted by Gasteiger charge is -2.38. The monoisotopic (exact) mass is 459 g/mol. The molecule has 1 unspecified atom stereocenters. The lowest BCUT2D eigenvalue weighted by molar-refractivity contribution is 0.174. The molecule has 168 valence electrons. The Balaban J connectivity index is 1.15. The summed E-state index contributed by atoms with van der Waals surface area (Å²) in [7, 11) is 0. The second-order valence-electron chi connectivity index (χ2n) is 9.46. The van der Waals surface area contributed by atoms with Crippen LogP contribution in [0.5, 0.6) is 11.5 Å². The molecule has 5 heterocycles. The molecular weight excluding hydrogens is 434 g/mol. The molecule has 2 bridgehead atoms. The van der Waals surface area contributed by atoms with Crippen LogP contribution in [0.15, 0.2) is 42.6 Å². The van der Waals surface area contributed by atoms with Crippen LogP contribution in [0.4, 0.5) is 5.00 Å². The van der Waals surface area contributed by atoms with Crippen LogP contribution in [0.1, 0.15) is 24.4 Å². The number of benzene rings is 1. The van der Waals surface area contributed by atoms with Crippen molar-refractivity contribution >= 4 is 22.2 Å². The van der Waals surface area contributed by atoms with Gasteiger partial charge in [0.2, 0.25) is 6.79 Å². The first-order valence-corrected chi connectivity index (χ1v) is 12.4. The van der Waals surface area contributed by atoms with Gasteiger partial charge in [0.05, 0.1) is 5.69 Å². The van der Waals surface area contributed by atoms with Crippen LogP contribution < -0.4 is 14.4 Å². The van der Waals surface area contributed by atoms with Crippen LogP contribution in [0, 0.1) is 24.7 Å². The fraction of sp³-hybridized carbons (Fsp3) is 0.400. The molecular formula is C25H25N5O2S. The van der Waals surface area contributed by atoms with Crippen molar-refractivity contribution in [3.8, 4) is 22.6 Å². The van der Waals surface area contributed by atoms with Crippen LogP contribution in [0.3, 0.4) is 0 Å². The number of pyridine rings is 1. The van der Waals surface area contributed by atoms with Gasteiger partial charge < -0.3 is 14.4 Å². The second kappa shape index (κ2) is 7.45. The summed E-state index contributed by atoms with van der Waals surface area (Å²) in [6.45, 7) is 4.60. The maximum atomic E-state index is 5.58. The smallest absolute Gasteiger partial charge is 0.231 e. The minimum Gasteiger partial charge on any atom is -0.454 e. The van der Waals surface area contributed by atoms with Crippen molar-refractivity contribution in [1.29, 1.82) is 0 Å². The van der Waals surface area contributed by atoms with Crippen LogP contribution >= 0.6 is 11.5 Å². The number of hydrogen-bond donors (Lipinski definition) is 0. The zero-order valence-corrected chi connectivity index (χ0v) is 19.3. The van der Waals surface area contributed by atoms with E-state index in [9.17, 15) is 0 Å². The summed E-state index contributed by atoms with van der Waals surface area (Å²) in [6, 6.07) is 12.4. The molecule has 3 atom stereocenters. The molecule has 7 nitrogen and oxygen atoms in total. The van der Waals surface area contributed by atoms with Crippen LogP contribution in [-0.2, 0) is 6.42 Å². The Kier molecular flexibility index (Phi) is 4.37. The van der Waals surface area contributed by atoms with Crippen LogP contribution in [0.25, 0.3) is 16.8 Å². The zero-order valence-electron chi connectivity index (χ0n) is 18.5. The Morgan fingerprint density at radius 1 is 1.06 bits per heavy atom. The van der Waals surface area contributed by atoms with E-state index in [0.29, 0.717) is 17.8 Å². The molecule has 3 aliphatic rings. The van der Waals surface area contributed by atoms with Crippen molar-refractivity contribution < 1.29 is 9.47 Å². The summed E-state index contributed by atoms with van der Waals surface area (Å²) < 4.78 is 17.5. The van der Waals surface area contributed by atoms with Crippen molar-refractivity contribution in [2.24, 2.45) is 17.8 Å². The van der Waals surface area contributed by atoms with Gasteiger partial charge in [-0.3, -0.25) is 0 Å². The quantitative estimate of drug-likeness (QED) is 0.445. The topological polar surface area (TPSA) is 64.8 Å². The third-order valence-electron chi connectivity index (χ3n) is 7.46. The highest BCUT2D eigenvalue weighted by molar-refractivity contribution is 7.10. The van der Waals surface area contributed by atoms with E-state index in [0.717, 1.165) is 59.3 Å². The van der Waals surface area contributed by atoms with Gasteiger partial charge in [0, 0.05) is 31.3 Å². The fourth-order valence-corrected chi connectivity index (χ4v) is 6.66. The van der Waals surface area contributed by atoms with Gasteiger partial charge >= 0.3 is 0 Å². The van der Waals surface area contributed by atoms with Crippen molar-refractivity contribution in [3.05, 3.63) is 54.1 Å². The maximum absolute atomic E-state index is 5.58. The molecule has 0 N–H and O–H groups in total. The number of nitrogens with zero attached hydrogens (tertiary/aromatic N) is 5. The number of aryl methyl sites for hydroxylation is 1. The van der Waals surface area contributed by atoms with Gasteiger partial charge in [-0.05, 0) is 84.9 Å². The number of anilines is 1. The van der Waals surface area contributed by atoms with Crippen LogP contribution in [-0.4, -0.2) is 38.9 Å². The van der Waals surface area contributed by atoms with Crippen molar-refractivity contribution in [2.45, 2.75) is 26.2 Å². The number of rotatable bonds is 4. The Labute approximate surface area is 196 Å².